The number of amides is 1. The predicted molar refractivity (Wildman–Crippen MR) is 130 cm³/mol. The molecule has 8 nitrogen and oxygen atoms in total. The number of carbonyl (C=O) groups excluding carboxylic acids is 1. The second-order valence-corrected chi connectivity index (χ2v) is 7.96. The molecule has 2 aromatic heterocycles. The minimum atomic E-state index is -0.867. The van der Waals surface area contributed by atoms with Gasteiger partial charge in [0.15, 0.2) is 0 Å². The van der Waals surface area contributed by atoms with Gasteiger partial charge in [-0.2, -0.15) is 0 Å². The molecule has 0 spiro atoms. The molecule has 5 N–H and O–H groups in total. The average Bonchev–Trinajstić information content (AvgIpc) is 3.49. The second kappa shape index (κ2) is 9.76. The van der Waals surface area contributed by atoms with Crippen molar-refractivity contribution in [3.05, 3.63) is 89.6 Å². The molecule has 2 heterocycles. The molecule has 0 fully saturated rings. The molecule has 0 radical (unpaired) electrons. The Morgan fingerprint density at radius 3 is 2.47 bits per heavy atom. The first-order valence-corrected chi connectivity index (χ1v) is 11.1. The highest BCUT2D eigenvalue weighted by atomic mass is 16.4. The van der Waals surface area contributed by atoms with E-state index in [4.69, 9.17) is 11.5 Å². The second-order valence-electron chi connectivity index (χ2n) is 7.96. The van der Waals surface area contributed by atoms with Crippen molar-refractivity contribution in [3.63, 3.8) is 0 Å². The van der Waals surface area contributed by atoms with Gasteiger partial charge >= 0.3 is 5.97 Å². The van der Waals surface area contributed by atoms with Gasteiger partial charge in [0.25, 0.3) is 0 Å². The van der Waals surface area contributed by atoms with Crippen LogP contribution in [0, 0.1) is 0 Å². The van der Waals surface area contributed by atoms with E-state index >= 15 is 0 Å². The van der Waals surface area contributed by atoms with Crippen molar-refractivity contribution in [3.8, 4) is 22.6 Å². The molecule has 0 atom stereocenters. The van der Waals surface area contributed by atoms with Crippen molar-refractivity contribution in [2.24, 2.45) is 11.5 Å². The molecular weight excluding hydrogens is 430 g/mol. The smallest absolute Gasteiger partial charge is 0.303 e. The number of nitrogens with two attached hydrogens (primary N) is 2. The first kappa shape index (κ1) is 23.0. The van der Waals surface area contributed by atoms with Crippen LogP contribution in [-0.4, -0.2) is 31.1 Å². The van der Waals surface area contributed by atoms with E-state index in [1.807, 2.05) is 53.2 Å². The minimum absolute atomic E-state index is 0.000142. The SMILES string of the molecule is CCc1nccn1-c1ccc(-c2ccc(CCC(=O)O)n2-c2ccc(C(N)=O)cc2CN)cc1. The van der Waals surface area contributed by atoms with Crippen LogP contribution < -0.4 is 11.5 Å². The fraction of sp³-hybridized carbons (Fsp3) is 0.192. The highest BCUT2D eigenvalue weighted by Crippen LogP contribution is 2.30. The Bertz CT molecular complexity index is 1330. The molecule has 2 aromatic carbocycles. The van der Waals surface area contributed by atoms with Crippen LogP contribution in [0.1, 0.15) is 40.8 Å². The number of carboxylic acids is 1. The lowest BCUT2D eigenvalue weighted by atomic mass is 10.1. The van der Waals surface area contributed by atoms with Gasteiger partial charge in [-0.3, -0.25) is 9.59 Å². The van der Waals surface area contributed by atoms with Crippen molar-refractivity contribution in [2.45, 2.75) is 32.7 Å². The van der Waals surface area contributed by atoms with Crippen molar-refractivity contribution >= 4 is 11.9 Å². The van der Waals surface area contributed by atoms with E-state index in [2.05, 4.69) is 16.5 Å². The summed E-state index contributed by atoms with van der Waals surface area (Å²) in [4.78, 5) is 27.3. The molecule has 0 aliphatic rings. The standard InChI is InChI=1S/C26H27N5O3/c1-2-24-29-13-14-30(24)20-6-3-17(4-7-20)22-11-8-21(9-12-25(32)33)31(22)23-10-5-18(26(28)34)15-19(23)16-27/h3-8,10-11,13-15H,2,9,12,16,27H2,1H3,(H2,28,34)(H,32,33). The van der Waals surface area contributed by atoms with Gasteiger partial charge in [0.1, 0.15) is 5.82 Å². The Hall–Kier alpha value is -4.17. The summed E-state index contributed by atoms with van der Waals surface area (Å²) < 4.78 is 4.07. The lowest BCUT2D eigenvalue weighted by molar-refractivity contribution is -0.136. The van der Waals surface area contributed by atoms with Gasteiger partial charge in [0, 0.05) is 42.3 Å². The zero-order chi connectivity index (χ0) is 24.2. The van der Waals surface area contributed by atoms with E-state index in [-0.39, 0.29) is 13.0 Å². The van der Waals surface area contributed by atoms with Gasteiger partial charge in [-0.15, -0.1) is 0 Å². The molecule has 34 heavy (non-hydrogen) atoms. The molecule has 0 saturated heterocycles. The number of carboxylic acid groups (broad SMARTS) is 1. The van der Waals surface area contributed by atoms with Crippen LogP contribution in [0.4, 0.5) is 0 Å². The van der Waals surface area contributed by atoms with Crippen LogP contribution in [0.5, 0.6) is 0 Å². The third kappa shape index (κ3) is 4.49. The zero-order valence-corrected chi connectivity index (χ0v) is 18.9. The number of primary amides is 1. The van der Waals surface area contributed by atoms with Gasteiger partial charge in [0.05, 0.1) is 17.8 Å². The van der Waals surface area contributed by atoms with Crippen molar-refractivity contribution in [2.75, 3.05) is 0 Å². The predicted octanol–water partition coefficient (Wildman–Crippen LogP) is 3.47. The number of imidazole rings is 1. The number of nitrogens with zero attached hydrogens (tertiary/aromatic N) is 3. The highest BCUT2D eigenvalue weighted by molar-refractivity contribution is 5.93. The molecule has 174 valence electrons. The molecular formula is C26H27N5O3. The molecule has 4 rings (SSSR count). The van der Waals surface area contributed by atoms with E-state index in [0.717, 1.165) is 46.1 Å². The lowest BCUT2D eigenvalue weighted by Gasteiger charge is -2.18. The highest BCUT2D eigenvalue weighted by Gasteiger charge is 2.17. The van der Waals surface area contributed by atoms with Crippen LogP contribution >= 0.6 is 0 Å². The van der Waals surface area contributed by atoms with Gasteiger partial charge in [-0.25, -0.2) is 4.98 Å². The molecule has 0 aliphatic heterocycles. The van der Waals surface area contributed by atoms with E-state index in [1.54, 1.807) is 18.3 Å². The number of aryl methyl sites for hydroxylation is 2. The van der Waals surface area contributed by atoms with Gasteiger partial charge in [-0.1, -0.05) is 19.1 Å². The third-order valence-corrected chi connectivity index (χ3v) is 5.86. The molecule has 0 bridgehead atoms. The van der Waals surface area contributed by atoms with Gasteiger partial charge in [0.2, 0.25) is 5.91 Å². The first-order chi connectivity index (χ1) is 16.4. The number of benzene rings is 2. The summed E-state index contributed by atoms with van der Waals surface area (Å²) in [5.74, 6) is -0.412. The molecule has 4 aromatic rings. The average molecular weight is 458 g/mol. The summed E-state index contributed by atoms with van der Waals surface area (Å²) in [5.41, 5.74) is 17.1. The number of aromatic nitrogens is 3. The molecule has 0 aliphatic carbocycles. The van der Waals surface area contributed by atoms with E-state index in [9.17, 15) is 14.7 Å². The maximum absolute atomic E-state index is 11.7. The van der Waals surface area contributed by atoms with E-state index in [0.29, 0.717) is 12.0 Å². The van der Waals surface area contributed by atoms with Crippen LogP contribution in [0.3, 0.4) is 0 Å². The Kier molecular flexibility index (Phi) is 6.60. The molecule has 0 saturated carbocycles. The van der Waals surface area contributed by atoms with Crippen LogP contribution in [0.2, 0.25) is 0 Å². The van der Waals surface area contributed by atoms with E-state index in [1.165, 1.54) is 0 Å². The van der Waals surface area contributed by atoms with Crippen LogP contribution in [0.25, 0.3) is 22.6 Å². The zero-order valence-electron chi connectivity index (χ0n) is 18.9. The van der Waals surface area contributed by atoms with Crippen LogP contribution in [-0.2, 0) is 24.2 Å². The Balaban J connectivity index is 1.81. The molecule has 0 unspecified atom stereocenters. The van der Waals surface area contributed by atoms with Crippen molar-refractivity contribution in [1.82, 2.24) is 14.1 Å². The fourth-order valence-corrected chi connectivity index (χ4v) is 4.16. The quantitative estimate of drug-likeness (QED) is 0.354. The summed E-state index contributed by atoms with van der Waals surface area (Å²) >= 11 is 0. The number of hydrogen-bond donors (Lipinski definition) is 3. The summed E-state index contributed by atoms with van der Waals surface area (Å²) in [6, 6.07) is 17.2. The van der Waals surface area contributed by atoms with Crippen molar-refractivity contribution < 1.29 is 14.7 Å². The number of carbonyl (C=O) groups is 2. The van der Waals surface area contributed by atoms with Gasteiger partial charge < -0.3 is 25.7 Å². The van der Waals surface area contributed by atoms with E-state index < -0.39 is 11.9 Å². The minimum Gasteiger partial charge on any atom is -0.481 e. The summed E-state index contributed by atoms with van der Waals surface area (Å²) in [7, 11) is 0. The molecule has 1 amide bonds. The summed E-state index contributed by atoms with van der Waals surface area (Å²) in [6.07, 6.45) is 4.91. The maximum atomic E-state index is 11.7. The lowest BCUT2D eigenvalue weighted by Crippen LogP contribution is -2.14. The van der Waals surface area contributed by atoms with Crippen LogP contribution in [0.15, 0.2) is 67.0 Å². The molecule has 8 heteroatoms. The largest absolute Gasteiger partial charge is 0.481 e. The topological polar surface area (TPSA) is 129 Å². The van der Waals surface area contributed by atoms with Gasteiger partial charge in [-0.05, 0) is 60.0 Å². The normalized spacial score (nSPS) is 11.0. The monoisotopic (exact) mass is 457 g/mol. The Morgan fingerprint density at radius 1 is 1.06 bits per heavy atom. The fourth-order valence-electron chi connectivity index (χ4n) is 4.16. The van der Waals surface area contributed by atoms with Crippen molar-refractivity contribution in [1.29, 1.82) is 0 Å². The summed E-state index contributed by atoms with van der Waals surface area (Å²) in [5, 5.41) is 9.23. The first-order valence-electron chi connectivity index (χ1n) is 11.1. The number of rotatable bonds is 9. The number of hydrogen-bond acceptors (Lipinski definition) is 4. The summed E-state index contributed by atoms with van der Waals surface area (Å²) in [6.45, 7) is 2.27. The Labute approximate surface area is 197 Å². The maximum Gasteiger partial charge on any atom is 0.303 e. The third-order valence-electron chi connectivity index (χ3n) is 5.86. The number of aliphatic carboxylic acids is 1. The Morgan fingerprint density at radius 2 is 1.82 bits per heavy atom.